The van der Waals surface area contributed by atoms with E-state index >= 15 is 0 Å². The van der Waals surface area contributed by atoms with Crippen LogP contribution in [-0.2, 0) is 20.9 Å². The number of ether oxygens (including phenoxy) is 1. The van der Waals surface area contributed by atoms with Crippen LogP contribution in [0.15, 0.2) is 24.3 Å². The molecule has 0 unspecified atom stereocenters. The highest BCUT2D eigenvalue weighted by molar-refractivity contribution is 5.67. The van der Waals surface area contributed by atoms with Crippen molar-refractivity contribution in [2.75, 3.05) is 20.2 Å². The van der Waals surface area contributed by atoms with Gasteiger partial charge >= 0.3 is 5.97 Å². The number of rotatable bonds is 10. The van der Waals surface area contributed by atoms with Crippen LogP contribution in [-0.4, -0.2) is 37.6 Å². The third-order valence-corrected chi connectivity index (χ3v) is 3.61. The lowest BCUT2D eigenvalue weighted by molar-refractivity contribution is -0.139. The summed E-state index contributed by atoms with van der Waals surface area (Å²) in [6.45, 7) is 9.68. The summed E-state index contributed by atoms with van der Waals surface area (Å²) in [6.07, 6.45) is 1.83. The number of aldehydes is 1. The number of carbonyl (C=O) groups is 2. The van der Waals surface area contributed by atoms with Crippen molar-refractivity contribution in [3.05, 3.63) is 35.6 Å². The lowest BCUT2D eigenvalue weighted by Crippen LogP contribution is -2.32. The Labute approximate surface area is 155 Å². The minimum Gasteiger partial charge on any atom is -0.481 e. The van der Waals surface area contributed by atoms with Gasteiger partial charge in [-0.1, -0.05) is 39.8 Å². The van der Waals surface area contributed by atoms with Crippen molar-refractivity contribution < 1.29 is 23.8 Å². The van der Waals surface area contributed by atoms with Gasteiger partial charge in [-0.2, -0.15) is 0 Å². The van der Waals surface area contributed by atoms with Gasteiger partial charge in [-0.15, -0.1) is 0 Å². The molecule has 26 heavy (non-hydrogen) atoms. The van der Waals surface area contributed by atoms with E-state index in [0.29, 0.717) is 12.9 Å². The summed E-state index contributed by atoms with van der Waals surface area (Å²) < 4.78 is 17.3. The summed E-state index contributed by atoms with van der Waals surface area (Å²) >= 11 is 0. The fraction of sp³-hybridized carbons (Fsp3) is 0.600. The smallest absolute Gasteiger partial charge is 0.303 e. The Bertz CT molecular complexity index is 541. The van der Waals surface area contributed by atoms with E-state index in [0.717, 1.165) is 18.5 Å². The Kier molecular flexibility index (Phi) is 10.9. The molecule has 0 amide bonds. The summed E-state index contributed by atoms with van der Waals surface area (Å²) in [5.74, 6) is -0.982. The summed E-state index contributed by atoms with van der Waals surface area (Å²) in [5, 5.41) is 11.9. The molecule has 0 fully saturated rings. The molecular weight excluding hydrogens is 337 g/mol. The number of hydrogen-bond acceptors (Lipinski definition) is 4. The number of halogens is 1. The lowest BCUT2D eigenvalue weighted by Gasteiger charge is -2.33. The first-order chi connectivity index (χ1) is 12.0. The first-order valence-electron chi connectivity index (χ1n) is 8.63. The quantitative estimate of drug-likeness (QED) is 0.486. The van der Waals surface area contributed by atoms with Crippen LogP contribution in [0.5, 0.6) is 0 Å². The summed E-state index contributed by atoms with van der Waals surface area (Å²) in [5.41, 5.74) is 0.873. The van der Waals surface area contributed by atoms with E-state index in [2.05, 4.69) is 19.2 Å². The predicted octanol–water partition coefficient (Wildman–Crippen LogP) is 3.66. The molecule has 0 heterocycles. The van der Waals surface area contributed by atoms with Gasteiger partial charge < -0.3 is 20.0 Å². The third kappa shape index (κ3) is 12.6. The molecule has 1 rings (SSSR count). The van der Waals surface area contributed by atoms with Gasteiger partial charge in [-0.25, -0.2) is 4.39 Å². The van der Waals surface area contributed by atoms with Crippen molar-refractivity contribution in [2.24, 2.45) is 10.8 Å². The van der Waals surface area contributed by atoms with E-state index in [1.54, 1.807) is 12.1 Å². The standard InChI is InChI=1S/C11H23NO2.C9H9FO2/c1-10(2,6-9(13)14)7-11(3,4)8-12-5;10-9-3-1-8(2-4-9)7-12-6-5-11/h12H,6-8H2,1-5H3,(H,13,14);1-5H,6-7H2. The van der Waals surface area contributed by atoms with E-state index in [9.17, 15) is 14.0 Å². The molecule has 1 aromatic carbocycles. The van der Waals surface area contributed by atoms with Crippen LogP contribution in [0.25, 0.3) is 0 Å². The molecule has 0 spiro atoms. The number of hydrogen-bond donors (Lipinski definition) is 2. The summed E-state index contributed by atoms with van der Waals surface area (Å²) in [6, 6.07) is 5.97. The van der Waals surface area contributed by atoms with Gasteiger partial charge in [-0.05, 0) is 48.5 Å². The number of carbonyl (C=O) groups excluding carboxylic acids is 1. The minimum atomic E-state index is -0.713. The molecule has 0 saturated heterocycles. The maximum absolute atomic E-state index is 12.4. The molecule has 0 aliphatic carbocycles. The molecule has 5 nitrogen and oxygen atoms in total. The molecule has 0 aliphatic heterocycles. The van der Waals surface area contributed by atoms with Crippen molar-refractivity contribution in [3.8, 4) is 0 Å². The zero-order valence-electron chi connectivity index (χ0n) is 16.5. The Morgan fingerprint density at radius 1 is 1.19 bits per heavy atom. The Morgan fingerprint density at radius 2 is 1.77 bits per heavy atom. The van der Waals surface area contributed by atoms with E-state index in [1.807, 2.05) is 20.9 Å². The van der Waals surface area contributed by atoms with Crippen LogP contribution in [0.2, 0.25) is 0 Å². The summed E-state index contributed by atoms with van der Waals surface area (Å²) in [4.78, 5) is 20.5. The second kappa shape index (κ2) is 11.8. The molecule has 0 saturated carbocycles. The maximum Gasteiger partial charge on any atom is 0.303 e. The Balaban J connectivity index is 0.000000485. The number of carboxylic acid groups (broad SMARTS) is 1. The van der Waals surface area contributed by atoms with Crippen molar-refractivity contribution in [1.29, 1.82) is 0 Å². The Morgan fingerprint density at radius 3 is 2.23 bits per heavy atom. The van der Waals surface area contributed by atoms with Crippen LogP contribution in [0.1, 0.15) is 46.1 Å². The van der Waals surface area contributed by atoms with E-state index in [4.69, 9.17) is 9.84 Å². The van der Waals surface area contributed by atoms with Crippen LogP contribution in [0.4, 0.5) is 4.39 Å². The largest absolute Gasteiger partial charge is 0.481 e. The molecule has 0 aliphatic rings. The average Bonchev–Trinajstić information content (AvgIpc) is 2.47. The first-order valence-corrected chi connectivity index (χ1v) is 8.63. The normalized spacial score (nSPS) is 11.5. The number of carboxylic acids is 1. The van der Waals surface area contributed by atoms with Gasteiger partial charge in [0.2, 0.25) is 0 Å². The SMILES string of the molecule is CNCC(C)(C)CC(C)(C)CC(=O)O.O=CCOCc1ccc(F)cc1. The van der Waals surface area contributed by atoms with Gasteiger partial charge in [0.05, 0.1) is 13.0 Å². The topological polar surface area (TPSA) is 75.6 Å². The van der Waals surface area contributed by atoms with Crippen molar-refractivity contribution in [1.82, 2.24) is 5.32 Å². The maximum atomic E-state index is 12.4. The van der Waals surface area contributed by atoms with Crippen LogP contribution in [0, 0.1) is 16.6 Å². The molecule has 0 radical (unpaired) electrons. The van der Waals surface area contributed by atoms with E-state index in [1.165, 1.54) is 12.1 Å². The van der Waals surface area contributed by atoms with E-state index < -0.39 is 5.97 Å². The van der Waals surface area contributed by atoms with Gasteiger partial charge in [0.1, 0.15) is 18.7 Å². The zero-order chi connectivity index (χ0) is 20.2. The third-order valence-electron chi connectivity index (χ3n) is 3.61. The van der Waals surface area contributed by atoms with Crippen molar-refractivity contribution >= 4 is 12.3 Å². The zero-order valence-corrected chi connectivity index (χ0v) is 16.5. The fourth-order valence-corrected chi connectivity index (χ4v) is 3.11. The summed E-state index contributed by atoms with van der Waals surface area (Å²) in [7, 11) is 1.92. The minimum absolute atomic E-state index is 0.0807. The molecule has 6 heteroatoms. The van der Waals surface area contributed by atoms with Gasteiger partial charge in [0, 0.05) is 0 Å². The highest BCUT2D eigenvalue weighted by Gasteiger charge is 2.30. The lowest BCUT2D eigenvalue weighted by atomic mass is 9.73. The Hall–Kier alpha value is -1.79. The highest BCUT2D eigenvalue weighted by atomic mass is 19.1. The fourth-order valence-electron chi connectivity index (χ4n) is 3.11. The van der Waals surface area contributed by atoms with E-state index in [-0.39, 0.29) is 29.7 Å². The molecule has 148 valence electrons. The van der Waals surface area contributed by atoms with Crippen molar-refractivity contribution in [2.45, 2.75) is 47.1 Å². The second-order valence-corrected chi connectivity index (χ2v) is 7.91. The number of benzene rings is 1. The molecule has 0 bridgehead atoms. The monoisotopic (exact) mass is 369 g/mol. The molecule has 2 N–H and O–H groups in total. The second-order valence-electron chi connectivity index (χ2n) is 7.91. The molecule has 0 atom stereocenters. The van der Waals surface area contributed by atoms with Crippen molar-refractivity contribution in [3.63, 3.8) is 0 Å². The number of aliphatic carboxylic acids is 1. The first kappa shape index (κ1) is 24.2. The molecule has 1 aromatic rings. The van der Waals surface area contributed by atoms with Gasteiger partial charge in [0.25, 0.3) is 0 Å². The van der Waals surface area contributed by atoms with Gasteiger partial charge in [0.15, 0.2) is 0 Å². The highest BCUT2D eigenvalue weighted by Crippen LogP contribution is 2.35. The molecular formula is C20H32FNO4. The average molecular weight is 369 g/mol. The molecule has 0 aromatic heterocycles. The predicted molar refractivity (Wildman–Crippen MR) is 100 cm³/mol. The van der Waals surface area contributed by atoms with Crippen LogP contribution < -0.4 is 5.32 Å². The van der Waals surface area contributed by atoms with Crippen LogP contribution in [0.3, 0.4) is 0 Å². The van der Waals surface area contributed by atoms with Gasteiger partial charge in [-0.3, -0.25) is 4.79 Å². The number of nitrogens with one attached hydrogen (secondary N) is 1. The van der Waals surface area contributed by atoms with Crippen LogP contribution >= 0.6 is 0 Å².